The first-order valence-corrected chi connectivity index (χ1v) is 12.0. The van der Waals surface area contributed by atoms with Crippen LogP contribution in [-0.2, 0) is 16.2 Å². The minimum atomic E-state index is -0.888. The van der Waals surface area contributed by atoms with Gasteiger partial charge >= 0.3 is 11.8 Å². The molecule has 9 heteroatoms. The topological polar surface area (TPSA) is 89.0 Å². The number of amides is 2. The van der Waals surface area contributed by atoms with Crippen molar-refractivity contribution in [3.8, 4) is 11.5 Å². The molecule has 0 bridgehead atoms. The van der Waals surface area contributed by atoms with E-state index in [1.165, 1.54) is 6.21 Å². The number of nitrogens with one attached hydrogen (secondary N) is 2. The van der Waals surface area contributed by atoms with Gasteiger partial charge in [-0.3, -0.25) is 9.59 Å². The van der Waals surface area contributed by atoms with Crippen LogP contribution in [0.4, 0.5) is 5.69 Å². The summed E-state index contributed by atoms with van der Waals surface area (Å²) in [5.74, 6) is -0.611. The summed E-state index contributed by atoms with van der Waals surface area (Å²) < 4.78 is 13.3. The van der Waals surface area contributed by atoms with E-state index in [9.17, 15) is 9.59 Å². The summed E-state index contributed by atoms with van der Waals surface area (Å²) in [6.45, 7) is 4.74. The molecule has 0 aliphatic heterocycles. The fourth-order valence-electron chi connectivity index (χ4n) is 2.96. The number of benzene rings is 3. The van der Waals surface area contributed by atoms with E-state index in [-0.39, 0.29) is 0 Å². The number of anilines is 1. The molecule has 7 nitrogen and oxygen atoms in total. The third kappa shape index (κ3) is 7.43. The van der Waals surface area contributed by atoms with Crippen LogP contribution in [-0.4, -0.2) is 24.6 Å². The van der Waals surface area contributed by atoms with Crippen LogP contribution in [0.2, 0.25) is 0 Å². The average molecular weight is 589 g/mol. The minimum absolute atomic E-state index is 0.386. The van der Waals surface area contributed by atoms with E-state index in [0.717, 1.165) is 15.6 Å². The Bertz CT molecular complexity index is 1200. The number of hydrogen-bond acceptors (Lipinski definition) is 5. The van der Waals surface area contributed by atoms with Crippen molar-refractivity contribution in [3.63, 3.8) is 0 Å². The Morgan fingerprint density at radius 1 is 1.00 bits per heavy atom. The number of rotatable bonds is 8. The minimum Gasteiger partial charge on any atom is -0.490 e. The van der Waals surface area contributed by atoms with E-state index in [2.05, 4.69) is 53.8 Å². The number of hydrazone groups is 1. The van der Waals surface area contributed by atoms with Gasteiger partial charge in [-0.05, 0) is 77.3 Å². The summed E-state index contributed by atoms with van der Waals surface area (Å²) in [6.07, 6.45) is 1.42. The number of ether oxygens (including phenoxy) is 2. The molecule has 0 fully saturated rings. The number of hydrogen-bond donors (Lipinski definition) is 2. The molecule has 0 unspecified atom stereocenters. The van der Waals surface area contributed by atoms with Gasteiger partial charge in [0.2, 0.25) is 0 Å². The number of aryl methyl sites for hydroxylation is 1. The normalized spacial score (nSPS) is 10.7. The first-order valence-electron chi connectivity index (χ1n) is 10.4. The Kier molecular flexibility index (Phi) is 9.24. The molecule has 0 aromatic heterocycles. The summed E-state index contributed by atoms with van der Waals surface area (Å²) in [5.41, 5.74) is 5.57. The van der Waals surface area contributed by atoms with E-state index < -0.39 is 11.8 Å². The highest BCUT2D eigenvalue weighted by atomic mass is 79.9. The molecule has 2 amide bonds. The van der Waals surface area contributed by atoms with Crippen molar-refractivity contribution in [2.45, 2.75) is 20.5 Å². The lowest BCUT2D eigenvalue weighted by atomic mass is 10.1. The van der Waals surface area contributed by atoms with E-state index in [0.29, 0.717) is 40.4 Å². The Morgan fingerprint density at radius 3 is 2.47 bits per heavy atom. The molecule has 3 aromatic rings. The first kappa shape index (κ1) is 25.5. The van der Waals surface area contributed by atoms with Crippen molar-refractivity contribution in [2.75, 3.05) is 11.9 Å². The maximum Gasteiger partial charge on any atom is 0.329 e. The highest BCUT2D eigenvalue weighted by Crippen LogP contribution is 2.37. The fourth-order valence-corrected chi connectivity index (χ4v) is 3.80. The lowest BCUT2D eigenvalue weighted by molar-refractivity contribution is -0.136. The van der Waals surface area contributed by atoms with Gasteiger partial charge in [-0.25, -0.2) is 5.43 Å². The van der Waals surface area contributed by atoms with Crippen LogP contribution in [0.25, 0.3) is 0 Å². The molecule has 0 aliphatic rings. The molecule has 34 heavy (non-hydrogen) atoms. The number of halogens is 2. The van der Waals surface area contributed by atoms with Crippen molar-refractivity contribution < 1.29 is 19.1 Å². The standard InChI is InChI=1S/C25H23Br2N3O4/c1-3-33-22-13-18(12-21(27)23(22)34-15-17-6-4-5-16(2)11-17)14-28-30-25(32)24(31)29-20-9-7-19(26)8-10-20/h4-14H,3,15H2,1-2H3,(H,29,31)(H,30,32)/b28-14+. The largest absolute Gasteiger partial charge is 0.490 e. The lowest BCUT2D eigenvalue weighted by Crippen LogP contribution is -2.32. The van der Waals surface area contributed by atoms with Crippen LogP contribution in [0.1, 0.15) is 23.6 Å². The van der Waals surface area contributed by atoms with Gasteiger partial charge in [-0.15, -0.1) is 0 Å². The molecule has 3 aromatic carbocycles. The highest BCUT2D eigenvalue weighted by molar-refractivity contribution is 9.10. The molecule has 0 radical (unpaired) electrons. The highest BCUT2D eigenvalue weighted by Gasteiger charge is 2.14. The van der Waals surface area contributed by atoms with Crippen LogP contribution < -0.4 is 20.2 Å². The Hall–Kier alpha value is -3.17. The molecule has 176 valence electrons. The predicted molar refractivity (Wildman–Crippen MR) is 139 cm³/mol. The lowest BCUT2D eigenvalue weighted by Gasteiger charge is -2.15. The van der Waals surface area contributed by atoms with Crippen molar-refractivity contribution in [2.24, 2.45) is 5.10 Å². The molecule has 3 rings (SSSR count). The van der Waals surface area contributed by atoms with Gasteiger partial charge in [0.1, 0.15) is 6.61 Å². The van der Waals surface area contributed by atoms with Crippen LogP contribution >= 0.6 is 31.9 Å². The molecular weight excluding hydrogens is 566 g/mol. The monoisotopic (exact) mass is 587 g/mol. The van der Waals surface area contributed by atoms with Crippen LogP contribution in [0.15, 0.2) is 74.7 Å². The van der Waals surface area contributed by atoms with E-state index in [4.69, 9.17) is 9.47 Å². The molecule has 0 aliphatic carbocycles. The first-order chi connectivity index (χ1) is 16.4. The second kappa shape index (κ2) is 12.3. The SMILES string of the molecule is CCOc1cc(/C=N/NC(=O)C(=O)Nc2ccc(Br)cc2)cc(Br)c1OCc1cccc(C)c1. The van der Waals surface area contributed by atoms with Gasteiger partial charge in [0.25, 0.3) is 0 Å². The molecule has 2 N–H and O–H groups in total. The quantitative estimate of drug-likeness (QED) is 0.204. The summed E-state index contributed by atoms with van der Waals surface area (Å²) in [7, 11) is 0. The molecule has 0 saturated heterocycles. The second-order valence-corrected chi connectivity index (χ2v) is 8.97. The molecule has 0 heterocycles. The Labute approximate surface area is 214 Å². The fraction of sp³-hybridized carbons (Fsp3) is 0.160. The Morgan fingerprint density at radius 2 is 1.76 bits per heavy atom. The number of carbonyl (C=O) groups is 2. The molecule has 0 saturated carbocycles. The maximum atomic E-state index is 12.0. The zero-order chi connectivity index (χ0) is 24.5. The van der Waals surface area contributed by atoms with Crippen LogP contribution in [0.3, 0.4) is 0 Å². The van der Waals surface area contributed by atoms with Gasteiger partial charge in [-0.1, -0.05) is 45.8 Å². The number of carbonyl (C=O) groups excluding carboxylic acids is 2. The predicted octanol–water partition coefficient (Wildman–Crippen LogP) is 5.59. The smallest absolute Gasteiger partial charge is 0.329 e. The van der Waals surface area contributed by atoms with E-state index >= 15 is 0 Å². The van der Waals surface area contributed by atoms with Gasteiger partial charge in [0, 0.05) is 10.2 Å². The van der Waals surface area contributed by atoms with Gasteiger partial charge in [0.05, 0.1) is 17.3 Å². The maximum absolute atomic E-state index is 12.0. The zero-order valence-electron chi connectivity index (χ0n) is 18.6. The van der Waals surface area contributed by atoms with Crippen LogP contribution in [0, 0.1) is 6.92 Å². The third-order valence-corrected chi connectivity index (χ3v) is 5.60. The van der Waals surface area contributed by atoms with E-state index in [1.807, 2.05) is 32.0 Å². The van der Waals surface area contributed by atoms with Gasteiger partial charge in [-0.2, -0.15) is 5.10 Å². The average Bonchev–Trinajstić information content (AvgIpc) is 2.80. The summed E-state index contributed by atoms with van der Waals surface area (Å²) in [4.78, 5) is 24.1. The molecule has 0 spiro atoms. The van der Waals surface area contributed by atoms with Crippen molar-refractivity contribution in [1.82, 2.24) is 5.43 Å². The molecular formula is C25H23Br2N3O4. The summed E-state index contributed by atoms with van der Waals surface area (Å²) in [5, 5.41) is 6.38. The van der Waals surface area contributed by atoms with Crippen molar-refractivity contribution in [1.29, 1.82) is 0 Å². The Balaban J connectivity index is 1.64. The zero-order valence-corrected chi connectivity index (χ0v) is 21.8. The van der Waals surface area contributed by atoms with Crippen LogP contribution in [0.5, 0.6) is 11.5 Å². The summed E-state index contributed by atoms with van der Waals surface area (Å²) in [6, 6.07) is 18.5. The number of nitrogens with zero attached hydrogens (tertiary/aromatic N) is 1. The van der Waals surface area contributed by atoms with Crippen molar-refractivity contribution in [3.05, 3.63) is 86.3 Å². The van der Waals surface area contributed by atoms with Crippen molar-refractivity contribution >= 4 is 55.6 Å². The summed E-state index contributed by atoms with van der Waals surface area (Å²) >= 11 is 6.83. The second-order valence-electron chi connectivity index (χ2n) is 7.20. The third-order valence-electron chi connectivity index (χ3n) is 4.49. The van der Waals surface area contributed by atoms with Gasteiger partial charge in [0.15, 0.2) is 11.5 Å². The van der Waals surface area contributed by atoms with E-state index in [1.54, 1.807) is 36.4 Å². The molecule has 0 atom stereocenters. The van der Waals surface area contributed by atoms with Gasteiger partial charge < -0.3 is 14.8 Å².